The Balaban J connectivity index is 2.16. The van der Waals surface area contributed by atoms with Crippen molar-refractivity contribution < 1.29 is 4.74 Å². The molecule has 2 rings (SSSR count). The zero-order valence-corrected chi connectivity index (χ0v) is 9.05. The van der Waals surface area contributed by atoms with E-state index in [2.05, 4.69) is 9.97 Å². The van der Waals surface area contributed by atoms with Gasteiger partial charge in [-0.1, -0.05) is 0 Å². The molecule has 0 aromatic carbocycles. The zero-order valence-electron chi connectivity index (χ0n) is 9.05. The predicted octanol–water partition coefficient (Wildman–Crippen LogP) is 2.04. The molecule has 0 radical (unpaired) electrons. The summed E-state index contributed by atoms with van der Waals surface area (Å²) in [7, 11) is 0. The number of hydrogen-bond donors (Lipinski definition) is 1. The van der Waals surface area contributed by atoms with Crippen LogP contribution in [0.25, 0.3) is 0 Å². The van der Waals surface area contributed by atoms with Crippen LogP contribution in [0.2, 0.25) is 0 Å². The number of aryl methyl sites for hydroxylation is 1. The van der Waals surface area contributed by atoms with Gasteiger partial charge >= 0.3 is 0 Å². The summed E-state index contributed by atoms with van der Waals surface area (Å²) in [5.41, 5.74) is 7.48. The van der Waals surface area contributed by atoms with Gasteiger partial charge in [-0.25, -0.2) is 4.98 Å². The van der Waals surface area contributed by atoms with Crippen LogP contribution in [0.4, 0.5) is 0 Å². The lowest BCUT2D eigenvalue weighted by Gasteiger charge is -2.05. The third kappa shape index (κ3) is 2.55. The van der Waals surface area contributed by atoms with Crippen molar-refractivity contribution in [1.29, 1.82) is 0 Å². The van der Waals surface area contributed by atoms with Crippen molar-refractivity contribution in [2.24, 2.45) is 5.73 Å². The van der Waals surface area contributed by atoms with Crippen LogP contribution in [0.1, 0.15) is 11.3 Å². The van der Waals surface area contributed by atoms with Gasteiger partial charge in [-0.15, -0.1) is 0 Å². The molecule has 0 bridgehead atoms. The van der Waals surface area contributed by atoms with Crippen molar-refractivity contribution in [3.63, 3.8) is 0 Å². The van der Waals surface area contributed by atoms with E-state index in [0.717, 1.165) is 11.3 Å². The van der Waals surface area contributed by atoms with Crippen LogP contribution in [0.15, 0.2) is 36.7 Å². The van der Waals surface area contributed by atoms with Crippen molar-refractivity contribution in [3.05, 3.63) is 47.9 Å². The molecule has 0 aliphatic rings. The summed E-state index contributed by atoms with van der Waals surface area (Å²) in [6.07, 6.45) is 3.35. The first kappa shape index (κ1) is 10.6. The van der Waals surface area contributed by atoms with Gasteiger partial charge in [0.2, 0.25) is 5.88 Å². The molecule has 0 amide bonds. The normalized spacial score (nSPS) is 10.1. The lowest BCUT2D eigenvalue weighted by atomic mass is 10.3. The fourth-order valence-electron chi connectivity index (χ4n) is 1.27. The van der Waals surface area contributed by atoms with Gasteiger partial charge < -0.3 is 10.5 Å². The van der Waals surface area contributed by atoms with E-state index in [1.807, 2.05) is 31.2 Å². The first-order valence-electron chi connectivity index (χ1n) is 5.03. The quantitative estimate of drug-likeness (QED) is 0.851. The van der Waals surface area contributed by atoms with Crippen LogP contribution < -0.4 is 10.5 Å². The van der Waals surface area contributed by atoms with Crippen molar-refractivity contribution in [1.82, 2.24) is 9.97 Å². The molecule has 2 N–H and O–H groups in total. The Kier molecular flexibility index (Phi) is 3.12. The fourth-order valence-corrected chi connectivity index (χ4v) is 1.27. The van der Waals surface area contributed by atoms with Crippen molar-refractivity contribution >= 4 is 0 Å². The van der Waals surface area contributed by atoms with E-state index in [0.29, 0.717) is 18.2 Å². The highest BCUT2D eigenvalue weighted by atomic mass is 16.5. The molecule has 0 aliphatic carbocycles. The van der Waals surface area contributed by atoms with E-state index in [1.54, 1.807) is 12.4 Å². The van der Waals surface area contributed by atoms with Crippen molar-refractivity contribution in [3.8, 4) is 11.6 Å². The maximum absolute atomic E-state index is 5.55. The molecule has 4 heteroatoms. The second-order valence-electron chi connectivity index (χ2n) is 3.44. The Morgan fingerprint density at radius 1 is 1.25 bits per heavy atom. The smallest absolute Gasteiger partial charge is 0.219 e. The third-order valence-corrected chi connectivity index (χ3v) is 2.14. The molecule has 0 atom stereocenters. The Labute approximate surface area is 94.1 Å². The van der Waals surface area contributed by atoms with E-state index in [9.17, 15) is 0 Å². The van der Waals surface area contributed by atoms with Gasteiger partial charge in [0.1, 0.15) is 5.75 Å². The molecule has 82 valence electrons. The van der Waals surface area contributed by atoms with Crippen LogP contribution in [-0.2, 0) is 6.54 Å². The molecule has 0 saturated carbocycles. The summed E-state index contributed by atoms with van der Waals surface area (Å²) < 4.78 is 5.55. The lowest BCUT2D eigenvalue weighted by Crippen LogP contribution is -1.97. The number of nitrogens with two attached hydrogens (primary N) is 1. The van der Waals surface area contributed by atoms with Gasteiger partial charge in [0.25, 0.3) is 0 Å². The SMILES string of the molecule is Cc1ccc(Oc2cc(CN)ccn2)cn1. The van der Waals surface area contributed by atoms with E-state index >= 15 is 0 Å². The monoisotopic (exact) mass is 215 g/mol. The third-order valence-electron chi connectivity index (χ3n) is 2.14. The summed E-state index contributed by atoms with van der Waals surface area (Å²) in [4.78, 5) is 8.24. The van der Waals surface area contributed by atoms with E-state index in [1.165, 1.54) is 0 Å². The molecule has 2 aromatic rings. The summed E-state index contributed by atoms with van der Waals surface area (Å²) in [5, 5.41) is 0. The summed E-state index contributed by atoms with van der Waals surface area (Å²) >= 11 is 0. The van der Waals surface area contributed by atoms with E-state index in [4.69, 9.17) is 10.5 Å². The first-order chi connectivity index (χ1) is 7.78. The minimum absolute atomic E-state index is 0.477. The second kappa shape index (κ2) is 4.72. The zero-order chi connectivity index (χ0) is 11.4. The first-order valence-corrected chi connectivity index (χ1v) is 5.03. The highest BCUT2D eigenvalue weighted by Crippen LogP contribution is 2.18. The lowest BCUT2D eigenvalue weighted by molar-refractivity contribution is 0.459. The molecular weight excluding hydrogens is 202 g/mol. The molecule has 0 fully saturated rings. The van der Waals surface area contributed by atoms with Crippen LogP contribution in [-0.4, -0.2) is 9.97 Å². The molecule has 0 unspecified atom stereocenters. The molecule has 0 spiro atoms. The number of pyridine rings is 2. The van der Waals surface area contributed by atoms with Crippen LogP contribution in [0, 0.1) is 6.92 Å². The van der Waals surface area contributed by atoms with Crippen LogP contribution >= 0.6 is 0 Å². The second-order valence-corrected chi connectivity index (χ2v) is 3.44. The van der Waals surface area contributed by atoms with Crippen LogP contribution in [0.3, 0.4) is 0 Å². The molecule has 2 heterocycles. The summed E-state index contributed by atoms with van der Waals surface area (Å²) in [5.74, 6) is 1.21. The van der Waals surface area contributed by atoms with Gasteiger partial charge in [0, 0.05) is 24.5 Å². The number of hydrogen-bond acceptors (Lipinski definition) is 4. The highest BCUT2D eigenvalue weighted by Gasteiger charge is 1.99. The van der Waals surface area contributed by atoms with E-state index in [-0.39, 0.29) is 0 Å². The minimum Gasteiger partial charge on any atom is -0.437 e. The Morgan fingerprint density at radius 2 is 2.12 bits per heavy atom. The maximum atomic E-state index is 5.55. The van der Waals surface area contributed by atoms with Gasteiger partial charge in [-0.2, -0.15) is 0 Å². The van der Waals surface area contributed by atoms with Gasteiger partial charge in [-0.3, -0.25) is 4.98 Å². The molecule has 0 saturated heterocycles. The average Bonchev–Trinajstić information content (AvgIpc) is 2.32. The number of rotatable bonds is 3. The van der Waals surface area contributed by atoms with Gasteiger partial charge in [0.15, 0.2) is 0 Å². The van der Waals surface area contributed by atoms with E-state index < -0.39 is 0 Å². The standard InChI is InChI=1S/C12H13N3O/c1-9-2-3-11(8-15-9)16-12-6-10(7-13)4-5-14-12/h2-6,8H,7,13H2,1H3. The molecule has 2 aromatic heterocycles. The van der Waals surface area contributed by atoms with Gasteiger partial charge in [-0.05, 0) is 30.7 Å². The minimum atomic E-state index is 0.477. The summed E-state index contributed by atoms with van der Waals surface area (Å²) in [6.45, 7) is 2.40. The average molecular weight is 215 g/mol. The van der Waals surface area contributed by atoms with Crippen molar-refractivity contribution in [2.75, 3.05) is 0 Å². The Hall–Kier alpha value is -1.94. The highest BCUT2D eigenvalue weighted by molar-refractivity contribution is 5.27. The molecule has 16 heavy (non-hydrogen) atoms. The largest absolute Gasteiger partial charge is 0.437 e. The number of nitrogens with zero attached hydrogens (tertiary/aromatic N) is 2. The molecule has 4 nitrogen and oxygen atoms in total. The molecule has 0 aliphatic heterocycles. The maximum Gasteiger partial charge on any atom is 0.219 e. The number of aromatic nitrogens is 2. The Bertz CT molecular complexity index is 468. The molecular formula is C12H13N3O. The van der Waals surface area contributed by atoms with Crippen LogP contribution in [0.5, 0.6) is 11.6 Å². The topological polar surface area (TPSA) is 61.0 Å². The number of ether oxygens (including phenoxy) is 1. The predicted molar refractivity (Wildman–Crippen MR) is 61.2 cm³/mol. The Morgan fingerprint density at radius 3 is 2.81 bits per heavy atom. The fraction of sp³-hybridized carbons (Fsp3) is 0.167. The van der Waals surface area contributed by atoms with Gasteiger partial charge in [0.05, 0.1) is 6.20 Å². The van der Waals surface area contributed by atoms with Crippen molar-refractivity contribution in [2.45, 2.75) is 13.5 Å². The summed E-state index contributed by atoms with van der Waals surface area (Å²) in [6, 6.07) is 7.43.